The molecule has 0 saturated carbocycles. The van der Waals surface area contributed by atoms with Gasteiger partial charge in [0.15, 0.2) is 0 Å². The number of nitrogens with one attached hydrogen (secondary N) is 1. The second kappa shape index (κ2) is 4.04. The van der Waals surface area contributed by atoms with E-state index in [-0.39, 0.29) is 5.92 Å². The Morgan fingerprint density at radius 1 is 1.56 bits per heavy atom. The molecule has 2 unspecified atom stereocenters. The third kappa shape index (κ3) is 1.60. The lowest BCUT2D eigenvalue weighted by Crippen LogP contribution is -2.28. The highest BCUT2D eigenvalue weighted by molar-refractivity contribution is 5.84. The molecule has 1 aromatic rings. The Kier molecular flexibility index (Phi) is 2.73. The number of carboxylic acid groups (broad SMARTS) is 1. The Morgan fingerprint density at radius 2 is 2.31 bits per heavy atom. The number of carbonyl (C=O) groups is 1. The maximum atomic E-state index is 11.0. The smallest absolute Gasteiger partial charge is 0.326 e. The van der Waals surface area contributed by atoms with Crippen molar-refractivity contribution in [3.05, 3.63) is 23.8 Å². The lowest BCUT2D eigenvalue weighted by molar-refractivity contribution is -0.138. The van der Waals surface area contributed by atoms with E-state index in [4.69, 9.17) is 9.84 Å². The van der Waals surface area contributed by atoms with Gasteiger partial charge in [0.1, 0.15) is 11.8 Å². The van der Waals surface area contributed by atoms with E-state index in [1.54, 1.807) is 0 Å². The van der Waals surface area contributed by atoms with Gasteiger partial charge in [0.05, 0.1) is 12.3 Å². The molecule has 0 aromatic heterocycles. The van der Waals surface area contributed by atoms with E-state index in [1.807, 2.05) is 32.0 Å². The van der Waals surface area contributed by atoms with Crippen molar-refractivity contribution in [2.45, 2.75) is 25.8 Å². The van der Waals surface area contributed by atoms with Gasteiger partial charge >= 0.3 is 5.97 Å². The quantitative estimate of drug-likeness (QED) is 0.820. The molecule has 0 aliphatic carbocycles. The van der Waals surface area contributed by atoms with Crippen LogP contribution in [-0.2, 0) is 4.79 Å². The maximum Gasteiger partial charge on any atom is 0.326 e. The van der Waals surface area contributed by atoms with Crippen LogP contribution in [0.5, 0.6) is 5.75 Å². The van der Waals surface area contributed by atoms with Gasteiger partial charge in [-0.1, -0.05) is 19.1 Å². The van der Waals surface area contributed by atoms with Gasteiger partial charge in [0.2, 0.25) is 0 Å². The van der Waals surface area contributed by atoms with Gasteiger partial charge in [-0.15, -0.1) is 0 Å². The monoisotopic (exact) mass is 221 g/mol. The van der Waals surface area contributed by atoms with Crippen LogP contribution in [0.2, 0.25) is 0 Å². The molecule has 0 saturated heterocycles. The molecule has 1 aromatic carbocycles. The van der Waals surface area contributed by atoms with E-state index in [0.717, 1.165) is 17.0 Å². The van der Waals surface area contributed by atoms with Crippen molar-refractivity contribution >= 4 is 11.7 Å². The van der Waals surface area contributed by atoms with Crippen molar-refractivity contribution in [2.75, 3.05) is 11.9 Å². The minimum absolute atomic E-state index is 0.0343. The van der Waals surface area contributed by atoms with Crippen molar-refractivity contribution in [2.24, 2.45) is 0 Å². The number of rotatable bonds is 3. The van der Waals surface area contributed by atoms with Crippen LogP contribution in [0.1, 0.15) is 25.3 Å². The third-order valence-electron chi connectivity index (χ3n) is 2.91. The molecule has 1 aliphatic rings. The van der Waals surface area contributed by atoms with Crippen molar-refractivity contribution in [3.63, 3.8) is 0 Å². The first-order valence-corrected chi connectivity index (χ1v) is 5.40. The van der Waals surface area contributed by atoms with Gasteiger partial charge in [-0.05, 0) is 18.6 Å². The molecule has 4 heteroatoms. The van der Waals surface area contributed by atoms with Crippen LogP contribution in [0.4, 0.5) is 5.69 Å². The van der Waals surface area contributed by atoms with Gasteiger partial charge < -0.3 is 15.2 Å². The third-order valence-corrected chi connectivity index (χ3v) is 2.91. The number of ether oxygens (including phenoxy) is 1. The molecule has 1 heterocycles. The summed E-state index contributed by atoms with van der Waals surface area (Å²) in [7, 11) is 0. The first-order chi connectivity index (χ1) is 7.65. The van der Waals surface area contributed by atoms with E-state index in [2.05, 4.69) is 5.32 Å². The maximum absolute atomic E-state index is 11.0. The summed E-state index contributed by atoms with van der Waals surface area (Å²) in [5.74, 6) is -0.130. The first kappa shape index (κ1) is 10.8. The Bertz CT molecular complexity index is 417. The van der Waals surface area contributed by atoms with Gasteiger partial charge in [-0.25, -0.2) is 4.79 Å². The summed E-state index contributed by atoms with van der Waals surface area (Å²) in [6, 6.07) is 5.13. The van der Waals surface area contributed by atoms with Crippen LogP contribution in [0, 0.1) is 0 Å². The molecule has 2 N–H and O–H groups in total. The van der Waals surface area contributed by atoms with Crippen molar-refractivity contribution in [1.29, 1.82) is 0 Å². The van der Waals surface area contributed by atoms with E-state index < -0.39 is 12.0 Å². The van der Waals surface area contributed by atoms with Gasteiger partial charge in [-0.3, -0.25) is 0 Å². The molecule has 16 heavy (non-hydrogen) atoms. The predicted molar refractivity (Wildman–Crippen MR) is 61.1 cm³/mol. The molecule has 86 valence electrons. The number of benzene rings is 1. The number of carboxylic acids is 1. The van der Waals surface area contributed by atoms with Crippen LogP contribution >= 0.6 is 0 Å². The van der Waals surface area contributed by atoms with Crippen LogP contribution < -0.4 is 10.1 Å². The summed E-state index contributed by atoms with van der Waals surface area (Å²) in [5, 5.41) is 12.1. The fraction of sp³-hybridized carbons (Fsp3) is 0.417. The Labute approximate surface area is 94.2 Å². The number of aliphatic carboxylic acids is 1. The minimum Gasteiger partial charge on any atom is -0.492 e. The topological polar surface area (TPSA) is 58.6 Å². The van der Waals surface area contributed by atoms with Crippen LogP contribution in [0.3, 0.4) is 0 Å². The molecule has 0 fully saturated rings. The largest absolute Gasteiger partial charge is 0.492 e. The number of para-hydroxylation sites is 1. The van der Waals surface area contributed by atoms with Crippen molar-refractivity contribution in [3.8, 4) is 5.75 Å². The highest BCUT2D eigenvalue weighted by Crippen LogP contribution is 2.41. The van der Waals surface area contributed by atoms with E-state index in [1.165, 1.54) is 0 Å². The lowest BCUT2D eigenvalue weighted by atomic mass is 9.97. The zero-order chi connectivity index (χ0) is 11.7. The fourth-order valence-electron chi connectivity index (χ4n) is 2.09. The second-order valence-electron chi connectivity index (χ2n) is 3.90. The standard InChI is InChI=1S/C12H15NO3/c1-3-16-9-6-4-5-8-7(2)10(12(14)15)13-11(8)9/h4-7,10,13H,3H2,1-2H3,(H,14,15). The zero-order valence-electron chi connectivity index (χ0n) is 9.36. The molecular formula is C12H15NO3. The predicted octanol–water partition coefficient (Wildman–Crippen LogP) is 2.07. The fourth-order valence-corrected chi connectivity index (χ4v) is 2.09. The SMILES string of the molecule is CCOc1cccc2c1NC(C(=O)O)C2C. The van der Waals surface area contributed by atoms with Crippen molar-refractivity contribution < 1.29 is 14.6 Å². The molecule has 1 aliphatic heterocycles. The molecule has 0 amide bonds. The van der Waals surface area contributed by atoms with Gasteiger partial charge in [-0.2, -0.15) is 0 Å². The van der Waals surface area contributed by atoms with Crippen LogP contribution in [0.25, 0.3) is 0 Å². The number of fused-ring (bicyclic) bond motifs is 1. The molecular weight excluding hydrogens is 206 g/mol. The van der Waals surface area contributed by atoms with Crippen LogP contribution in [0.15, 0.2) is 18.2 Å². The normalized spacial score (nSPS) is 22.4. The summed E-state index contributed by atoms with van der Waals surface area (Å²) in [5.41, 5.74) is 1.84. The molecule has 0 radical (unpaired) electrons. The van der Waals surface area contributed by atoms with E-state index >= 15 is 0 Å². The summed E-state index contributed by atoms with van der Waals surface area (Å²) < 4.78 is 5.47. The Balaban J connectivity index is 2.38. The molecule has 2 atom stereocenters. The highest BCUT2D eigenvalue weighted by atomic mass is 16.5. The molecule has 2 rings (SSSR count). The minimum atomic E-state index is -0.828. The summed E-state index contributed by atoms with van der Waals surface area (Å²) in [6.07, 6.45) is 0. The summed E-state index contributed by atoms with van der Waals surface area (Å²) in [4.78, 5) is 11.0. The highest BCUT2D eigenvalue weighted by Gasteiger charge is 2.35. The van der Waals surface area contributed by atoms with Gasteiger partial charge in [0.25, 0.3) is 0 Å². The Hall–Kier alpha value is -1.71. The number of anilines is 1. The zero-order valence-corrected chi connectivity index (χ0v) is 9.36. The summed E-state index contributed by atoms with van der Waals surface area (Å²) in [6.45, 7) is 4.39. The Morgan fingerprint density at radius 3 is 2.94 bits per heavy atom. The molecule has 4 nitrogen and oxygen atoms in total. The molecule has 0 bridgehead atoms. The molecule has 0 spiro atoms. The average Bonchev–Trinajstić information content (AvgIpc) is 2.58. The number of hydrogen-bond donors (Lipinski definition) is 2. The lowest BCUT2D eigenvalue weighted by Gasteiger charge is -2.10. The first-order valence-electron chi connectivity index (χ1n) is 5.40. The second-order valence-corrected chi connectivity index (χ2v) is 3.90. The van der Waals surface area contributed by atoms with Gasteiger partial charge in [0, 0.05) is 5.92 Å². The van der Waals surface area contributed by atoms with Crippen molar-refractivity contribution in [1.82, 2.24) is 0 Å². The average molecular weight is 221 g/mol. The number of hydrogen-bond acceptors (Lipinski definition) is 3. The van der Waals surface area contributed by atoms with E-state index in [0.29, 0.717) is 6.61 Å². The van der Waals surface area contributed by atoms with Crippen LogP contribution in [-0.4, -0.2) is 23.7 Å². The summed E-state index contributed by atoms with van der Waals surface area (Å²) >= 11 is 0. The van der Waals surface area contributed by atoms with E-state index in [9.17, 15) is 4.79 Å².